The average Bonchev–Trinajstić information content (AvgIpc) is 2.67. The van der Waals surface area contributed by atoms with Crippen molar-refractivity contribution in [2.75, 3.05) is 6.61 Å². The van der Waals surface area contributed by atoms with Crippen LogP contribution in [0.3, 0.4) is 0 Å². The zero-order valence-corrected chi connectivity index (χ0v) is 10.8. The number of hydrogen-bond acceptors (Lipinski definition) is 4. The highest BCUT2D eigenvalue weighted by atomic mass is 16.5. The number of esters is 1. The summed E-state index contributed by atoms with van der Waals surface area (Å²) in [6.07, 6.45) is 4.33. The number of hydrogen-bond donors (Lipinski definition) is 2. The van der Waals surface area contributed by atoms with Crippen LogP contribution in [-0.4, -0.2) is 29.7 Å². The first kappa shape index (κ1) is 14.7. The third-order valence-electron chi connectivity index (χ3n) is 3.06. The molecule has 0 aliphatic heterocycles. The smallest absolute Gasteiger partial charge is 0.466 e. The zero-order chi connectivity index (χ0) is 13.7. The van der Waals surface area contributed by atoms with Gasteiger partial charge < -0.3 is 14.8 Å². The predicted molar refractivity (Wildman–Crippen MR) is 70.5 cm³/mol. The Bertz CT molecular complexity index is 396. The summed E-state index contributed by atoms with van der Waals surface area (Å²) in [6.45, 7) is 7.64. The van der Waals surface area contributed by atoms with E-state index in [4.69, 9.17) is 14.8 Å². The molecule has 1 atom stereocenters. The van der Waals surface area contributed by atoms with Crippen LogP contribution < -0.4 is 0 Å². The van der Waals surface area contributed by atoms with E-state index in [2.05, 4.69) is 6.58 Å². The average molecular weight is 250 g/mol. The lowest BCUT2D eigenvalue weighted by Gasteiger charge is -2.08. The molecule has 0 bridgehead atoms. The maximum atomic E-state index is 11.6. The summed E-state index contributed by atoms with van der Waals surface area (Å²) in [7, 11) is -1.54. The Hall–Kier alpha value is -1.33. The van der Waals surface area contributed by atoms with Crippen molar-refractivity contribution < 1.29 is 19.6 Å². The highest BCUT2D eigenvalue weighted by Gasteiger charge is 2.28. The van der Waals surface area contributed by atoms with E-state index in [1.54, 1.807) is 13.0 Å². The highest BCUT2D eigenvalue weighted by Crippen LogP contribution is 2.33. The van der Waals surface area contributed by atoms with Crippen LogP contribution in [0.1, 0.15) is 26.7 Å². The van der Waals surface area contributed by atoms with Crippen molar-refractivity contribution in [1.29, 1.82) is 0 Å². The molecular weight excluding hydrogens is 231 g/mol. The fourth-order valence-electron chi connectivity index (χ4n) is 2.06. The first-order chi connectivity index (χ1) is 8.49. The molecule has 0 aromatic heterocycles. The van der Waals surface area contributed by atoms with Gasteiger partial charge in [-0.1, -0.05) is 24.3 Å². The Morgan fingerprint density at radius 1 is 1.56 bits per heavy atom. The molecule has 5 heteroatoms. The molecule has 0 aromatic rings. The van der Waals surface area contributed by atoms with Gasteiger partial charge in [-0.25, -0.2) is 0 Å². The number of rotatable bonds is 5. The molecule has 0 saturated carbocycles. The number of carbonyl (C=O) groups is 1. The van der Waals surface area contributed by atoms with Crippen LogP contribution in [0.2, 0.25) is 0 Å². The molecular formula is C13H19BO4. The predicted octanol–water partition coefficient (Wildman–Crippen LogP) is 1.40. The lowest BCUT2D eigenvalue weighted by atomic mass is 9.78. The third kappa shape index (κ3) is 3.58. The Balaban J connectivity index is 2.77. The van der Waals surface area contributed by atoms with Crippen molar-refractivity contribution in [2.45, 2.75) is 26.7 Å². The van der Waals surface area contributed by atoms with Crippen molar-refractivity contribution in [2.24, 2.45) is 5.92 Å². The second-order valence-electron chi connectivity index (χ2n) is 4.38. The van der Waals surface area contributed by atoms with Crippen LogP contribution in [0.15, 0.2) is 35.3 Å². The van der Waals surface area contributed by atoms with Gasteiger partial charge in [0.25, 0.3) is 0 Å². The van der Waals surface area contributed by atoms with E-state index in [1.807, 2.05) is 6.92 Å². The molecule has 1 unspecified atom stereocenters. The number of ether oxygens (including phenoxy) is 1. The fourth-order valence-corrected chi connectivity index (χ4v) is 2.06. The maximum absolute atomic E-state index is 11.6. The van der Waals surface area contributed by atoms with Gasteiger partial charge in [0.1, 0.15) is 0 Å². The Morgan fingerprint density at radius 3 is 2.72 bits per heavy atom. The molecule has 4 nitrogen and oxygen atoms in total. The highest BCUT2D eigenvalue weighted by molar-refractivity contribution is 6.51. The second kappa shape index (κ2) is 6.57. The van der Waals surface area contributed by atoms with Crippen LogP contribution >= 0.6 is 0 Å². The van der Waals surface area contributed by atoms with Gasteiger partial charge in [-0.05, 0) is 37.7 Å². The summed E-state index contributed by atoms with van der Waals surface area (Å²) in [6, 6.07) is 0. The van der Waals surface area contributed by atoms with Crippen molar-refractivity contribution in [3.63, 3.8) is 0 Å². The second-order valence-corrected chi connectivity index (χ2v) is 4.38. The molecule has 1 aliphatic rings. The minimum Gasteiger partial charge on any atom is -0.466 e. The molecule has 0 spiro atoms. The Kier molecular flexibility index (Phi) is 5.37. The van der Waals surface area contributed by atoms with Crippen LogP contribution in [0.25, 0.3) is 0 Å². The van der Waals surface area contributed by atoms with E-state index < -0.39 is 7.12 Å². The standard InChI is InChI=1S/C13H19BO4/c1-4-12(14(16)17)8-10-7-11(6-9(10)3)13(15)18-5-2/h4,8,11,16-17H,1,5-7H2,2-3H3/b12-8+. The normalized spacial score (nSPS) is 20.0. The SMILES string of the molecule is C=C/C(=C\C1=C(C)CC(C(=O)OCC)C1)B(O)O. The molecule has 1 aliphatic carbocycles. The first-order valence-electron chi connectivity index (χ1n) is 6.05. The van der Waals surface area contributed by atoms with Crippen LogP contribution in [0.5, 0.6) is 0 Å². The van der Waals surface area contributed by atoms with Crippen molar-refractivity contribution in [3.8, 4) is 0 Å². The molecule has 0 fully saturated rings. The third-order valence-corrected chi connectivity index (χ3v) is 3.06. The van der Waals surface area contributed by atoms with Gasteiger partial charge in [-0.15, -0.1) is 0 Å². The molecule has 0 aromatic carbocycles. The van der Waals surface area contributed by atoms with Gasteiger partial charge in [0.2, 0.25) is 0 Å². The van der Waals surface area contributed by atoms with Crippen LogP contribution in [-0.2, 0) is 9.53 Å². The van der Waals surface area contributed by atoms with Crippen LogP contribution in [0, 0.1) is 5.92 Å². The summed E-state index contributed by atoms with van der Waals surface area (Å²) in [5.41, 5.74) is 2.37. The minimum atomic E-state index is -1.54. The van der Waals surface area contributed by atoms with E-state index >= 15 is 0 Å². The molecule has 18 heavy (non-hydrogen) atoms. The maximum Gasteiger partial charge on any atom is 0.488 e. The monoisotopic (exact) mass is 250 g/mol. The van der Waals surface area contributed by atoms with Gasteiger partial charge >= 0.3 is 13.1 Å². The molecule has 0 heterocycles. The molecule has 2 N–H and O–H groups in total. The van der Waals surface area contributed by atoms with Gasteiger partial charge in [-0.3, -0.25) is 4.79 Å². The van der Waals surface area contributed by atoms with E-state index in [0.29, 0.717) is 24.9 Å². The quantitative estimate of drug-likeness (QED) is 0.439. The van der Waals surface area contributed by atoms with Gasteiger partial charge in [-0.2, -0.15) is 0 Å². The van der Waals surface area contributed by atoms with Crippen molar-refractivity contribution in [3.05, 3.63) is 35.3 Å². The van der Waals surface area contributed by atoms with E-state index in [0.717, 1.165) is 11.1 Å². The molecule has 0 amide bonds. The van der Waals surface area contributed by atoms with E-state index in [1.165, 1.54) is 6.08 Å². The largest absolute Gasteiger partial charge is 0.488 e. The summed E-state index contributed by atoms with van der Waals surface area (Å²) in [4.78, 5) is 11.6. The van der Waals surface area contributed by atoms with E-state index in [9.17, 15) is 4.79 Å². The lowest BCUT2D eigenvalue weighted by molar-refractivity contribution is -0.147. The van der Waals surface area contributed by atoms with Gasteiger partial charge in [0, 0.05) is 0 Å². The Morgan fingerprint density at radius 2 is 2.22 bits per heavy atom. The molecule has 1 rings (SSSR count). The van der Waals surface area contributed by atoms with Crippen molar-refractivity contribution >= 4 is 13.1 Å². The molecule has 98 valence electrons. The summed E-state index contributed by atoms with van der Waals surface area (Å²) in [5.74, 6) is -0.344. The number of carbonyl (C=O) groups excluding carboxylic acids is 1. The van der Waals surface area contributed by atoms with Gasteiger partial charge in [0.15, 0.2) is 0 Å². The molecule has 0 saturated heterocycles. The zero-order valence-electron chi connectivity index (χ0n) is 10.8. The van der Waals surface area contributed by atoms with E-state index in [-0.39, 0.29) is 11.9 Å². The Labute approximate surface area is 108 Å². The number of allylic oxidation sites excluding steroid dienone is 5. The first-order valence-corrected chi connectivity index (χ1v) is 6.05. The summed E-state index contributed by atoms with van der Waals surface area (Å²) < 4.78 is 5.00. The lowest BCUT2D eigenvalue weighted by Crippen LogP contribution is -2.16. The molecule has 0 radical (unpaired) electrons. The summed E-state index contributed by atoms with van der Waals surface area (Å²) in [5, 5.41) is 18.2. The minimum absolute atomic E-state index is 0.155. The van der Waals surface area contributed by atoms with Crippen LogP contribution in [0.4, 0.5) is 0 Å². The van der Waals surface area contributed by atoms with Gasteiger partial charge in [0.05, 0.1) is 12.5 Å². The summed E-state index contributed by atoms with van der Waals surface area (Å²) >= 11 is 0. The fraction of sp³-hybridized carbons (Fsp3) is 0.462. The topological polar surface area (TPSA) is 66.8 Å². The van der Waals surface area contributed by atoms with Crippen molar-refractivity contribution in [1.82, 2.24) is 0 Å².